The van der Waals surface area contributed by atoms with Gasteiger partial charge in [0.15, 0.2) is 23.3 Å². The summed E-state index contributed by atoms with van der Waals surface area (Å²) in [5.74, 6) is 0.394. The summed E-state index contributed by atoms with van der Waals surface area (Å²) in [5.41, 5.74) is 3.34. The number of nitrogens with one attached hydrogen (secondary N) is 2. The van der Waals surface area contributed by atoms with E-state index in [0.29, 0.717) is 27.3 Å². The predicted molar refractivity (Wildman–Crippen MR) is 136 cm³/mol. The molecule has 3 aromatic carbocycles. The molecule has 8 heteroatoms. The number of benzene rings is 3. The summed E-state index contributed by atoms with van der Waals surface area (Å²) in [7, 11) is 1.52. The van der Waals surface area contributed by atoms with Gasteiger partial charge in [0.25, 0.3) is 11.8 Å². The Bertz CT molecular complexity index is 1250. The van der Waals surface area contributed by atoms with Crippen molar-refractivity contribution in [1.82, 2.24) is 5.32 Å². The normalized spacial score (nSPS) is 15.3. The van der Waals surface area contributed by atoms with Crippen LogP contribution < -0.4 is 20.1 Å². The van der Waals surface area contributed by atoms with Crippen LogP contribution >= 0.6 is 11.8 Å². The van der Waals surface area contributed by atoms with Crippen molar-refractivity contribution in [2.24, 2.45) is 4.99 Å². The number of thioether (sulfide) groups is 1. The van der Waals surface area contributed by atoms with Crippen LogP contribution in [0.15, 0.2) is 82.7 Å². The molecule has 0 aliphatic carbocycles. The molecule has 1 saturated heterocycles. The van der Waals surface area contributed by atoms with Crippen LogP contribution in [-0.2, 0) is 9.59 Å². The molecule has 0 unspecified atom stereocenters. The van der Waals surface area contributed by atoms with E-state index in [1.165, 1.54) is 18.9 Å². The molecule has 34 heavy (non-hydrogen) atoms. The minimum atomic E-state index is -0.277. The van der Waals surface area contributed by atoms with Crippen LogP contribution in [0.2, 0.25) is 0 Å². The highest BCUT2D eigenvalue weighted by Crippen LogP contribution is 2.32. The molecule has 1 heterocycles. The Hall–Kier alpha value is -4.04. The number of anilines is 1. The molecule has 2 N–H and O–H groups in total. The number of para-hydroxylation sites is 1. The van der Waals surface area contributed by atoms with E-state index in [4.69, 9.17) is 9.47 Å². The van der Waals surface area contributed by atoms with Gasteiger partial charge in [-0.1, -0.05) is 42.0 Å². The van der Waals surface area contributed by atoms with E-state index in [9.17, 15) is 9.59 Å². The first-order valence-electron chi connectivity index (χ1n) is 10.5. The van der Waals surface area contributed by atoms with Gasteiger partial charge in [-0.3, -0.25) is 9.59 Å². The summed E-state index contributed by atoms with van der Waals surface area (Å²) in [6.45, 7) is 1.82. The zero-order valence-corrected chi connectivity index (χ0v) is 19.5. The first-order chi connectivity index (χ1) is 16.5. The van der Waals surface area contributed by atoms with Crippen molar-refractivity contribution in [2.45, 2.75) is 6.92 Å². The van der Waals surface area contributed by atoms with Crippen LogP contribution in [0.3, 0.4) is 0 Å². The molecule has 0 spiro atoms. The average molecular weight is 474 g/mol. The molecular weight excluding hydrogens is 450 g/mol. The molecule has 1 aliphatic rings. The first-order valence-corrected chi connectivity index (χ1v) is 11.3. The van der Waals surface area contributed by atoms with Gasteiger partial charge in [-0.2, -0.15) is 0 Å². The second-order valence-electron chi connectivity index (χ2n) is 7.43. The van der Waals surface area contributed by atoms with Crippen molar-refractivity contribution >= 4 is 46.2 Å². The lowest BCUT2D eigenvalue weighted by molar-refractivity contribution is -0.118. The summed E-state index contributed by atoms with van der Waals surface area (Å²) in [6, 6.07) is 22.2. The molecule has 172 valence electrons. The van der Waals surface area contributed by atoms with Crippen molar-refractivity contribution in [1.29, 1.82) is 0 Å². The van der Waals surface area contributed by atoms with E-state index >= 15 is 0 Å². The molecule has 7 nitrogen and oxygen atoms in total. The number of rotatable bonds is 7. The van der Waals surface area contributed by atoms with E-state index in [0.717, 1.165) is 16.8 Å². The van der Waals surface area contributed by atoms with Gasteiger partial charge in [0.1, 0.15) is 0 Å². The van der Waals surface area contributed by atoms with Gasteiger partial charge in [0.05, 0.1) is 17.7 Å². The third-order valence-electron chi connectivity index (χ3n) is 4.82. The largest absolute Gasteiger partial charge is 0.493 e. The van der Waals surface area contributed by atoms with Gasteiger partial charge in [0.2, 0.25) is 0 Å². The Labute approximate surface area is 201 Å². The van der Waals surface area contributed by atoms with Gasteiger partial charge in [0, 0.05) is 5.69 Å². The highest BCUT2D eigenvalue weighted by molar-refractivity contribution is 8.18. The Morgan fingerprint density at radius 2 is 1.82 bits per heavy atom. The number of hydrogen-bond acceptors (Lipinski definition) is 6. The molecule has 0 aromatic heterocycles. The van der Waals surface area contributed by atoms with Crippen LogP contribution in [0.1, 0.15) is 11.1 Å². The van der Waals surface area contributed by atoms with Crippen molar-refractivity contribution < 1.29 is 19.1 Å². The highest BCUT2D eigenvalue weighted by atomic mass is 32.2. The quantitative estimate of drug-likeness (QED) is 0.476. The average Bonchev–Trinajstić information content (AvgIpc) is 3.18. The number of carbonyl (C=O) groups excluding carboxylic acids is 2. The van der Waals surface area contributed by atoms with E-state index in [1.807, 2.05) is 61.5 Å². The molecule has 4 rings (SSSR count). The van der Waals surface area contributed by atoms with Gasteiger partial charge in [-0.05, 0) is 66.7 Å². The lowest BCUT2D eigenvalue weighted by atomic mass is 10.2. The monoisotopic (exact) mass is 473 g/mol. The van der Waals surface area contributed by atoms with Crippen LogP contribution in [0, 0.1) is 6.92 Å². The van der Waals surface area contributed by atoms with Gasteiger partial charge in [-0.15, -0.1) is 0 Å². The van der Waals surface area contributed by atoms with Crippen LogP contribution in [0.25, 0.3) is 6.08 Å². The van der Waals surface area contributed by atoms with Crippen molar-refractivity contribution in [3.8, 4) is 11.5 Å². The Balaban J connectivity index is 1.41. The summed E-state index contributed by atoms with van der Waals surface area (Å²) in [4.78, 5) is 29.5. The zero-order chi connectivity index (χ0) is 23.9. The third-order valence-corrected chi connectivity index (χ3v) is 5.73. The molecule has 0 radical (unpaired) electrons. The molecule has 0 atom stereocenters. The predicted octanol–water partition coefficient (Wildman–Crippen LogP) is 4.91. The maximum Gasteiger partial charge on any atom is 0.264 e. The number of amidine groups is 1. The smallest absolute Gasteiger partial charge is 0.264 e. The fourth-order valence-corrected chi connectivity index (χ4v) is 3.96. The number of amides is 2. The number of ether oxygens (including phenoxy) is 2. The van der Waals surface area contributed by atoms with E-state index in [1.54, 1.807) is 24.3 Å². The number of aliphatic imine (C=N–C) groups is 1. The van der Waals surface area contributed by atoms with Crippen LogP contribution in [0.4, 0.5) is 11.4 Å². The van der Waals surface area contributed by atoms with Crippen molar-refractivity contribution in [3.05, 3.63) is 88.8 Å². The molecule has 0 saturated carbocycles. The minimum Gasteiger partial charge on any atom is -0.493 e. The number of hydrogen-bond donors (Lipinski definition) is 2. The van der Waals surface area contributed by atoms with Gasteiger partial charge < -0.3 is 20.1 Å². The highest BCUT2D eigenvalue weighted by Gasteiger charge is 2.24. The Morgan fingerprint density at radius 3 is 2.56 bits per heavy atom. The standard InChI is InChI=1S/C26H23N3O4S/c1-17-8-11-20(12-9-17)27-24(30)16-33-21-13-10-18(14-22(21)32-2)15-23-25(31)29-26(34-23)28-19-6-4-3-5-7-19/h3-15H,16H2,1-2H3,(H,27,30)(H,28,29,31)/b23-15-. The minimum absolute atomic E-state index is 0.164. The molecule has 3 aromatic rings. The van der Waals surface area contributed by atoms with Crippen molar-refractivity contribution in [3.63, 3.8) is 0 Å². The van der Waals surface area contributed by atoms with Crippen LogP contribution in [0.5, 0.6) is 11.5 Å². The lowest BCUT2D eigenvalue weighted by Crippen LogP contribution is -2.20. The first kappa shape index (κ1) is 23.1. The molecular formula is C26H23N3O4S. The lowest BCUT2D eigenvalue weighted by Gasteiger charge is -2.12. The second-order valence-corrected chi connectivity index (χ2v) is 8.46. The summed E-state index contributed by atoms with van der Waals surface area (Å²) < 4.78 is 11.1. The fraction of sp³-hybridized carbons (Fsp3) is 0.115. The van der Waals surface area contributed by atoms with Gasteiger partial charge in [-0.25, -0.2) is 4.99 Å². The number of aryl methyl sites for hydroxylation is 1. The molecule has 2 amide bonds. The Kier molecular flexibility index (Phi) is 7.29. The van der Waals surface area contributed by atoms with E-state index < -0.39 is 0 Å². The fourth-order valence-electron chi connectivity index (χ4n) is 3.12. The number of methoxy groups -OCH3 is 1. The Morgan fingerprint density at radius 1 is 1.06 bits per heavy atom. The SMILES string of the molecule is COc1cc(/C=C2\SC(=Nc3ccccc3)NC2=O)ccc1OCC(=O)Nc1ccc(C)cc1. The van der Waals surface area contributed by atoms with E-state index in [-0.39, 0.29) is 18.4 Å². The summed E-state index contributed by atoms with van der Waals surface area (Å²) >= 11 is 1.27. The molecule has 0 bridgehead atoms. The number of carbonyl (C=O) groups is 2. The summed E-state index contributed by atoms with van der Waals surface area (Å²) in [5, 5.41) is 6.09. The second kappa shape index (κ2) is 10.7. The summed E-state index contributed by atoms with van der Waals surface area (Å²) in [6.07, 6.45) is 1.75. The zero-order valence-electron chi connectivity index (χ0n) is 18.7. The molecule has 1 aliphatic heterocycles. The van der Waals surface area contributed by atoms with Crippen molar-refractivity contribution in [2.75, 3.05) is 19.0 Å². The maximum atomic E-state index is 12.4. The third kappa shape index (κ3) is 6.05. The van der Waals surface area contributed by atoms with Gasteiger partial charge >= 0.3 is 0 Å². The maximum absolute atomic E-state index is 12.4. The molecule has 1 fully saturated rings. The van der Waals surface area contributed by atoms with E-state index in [2.05, 4.69) is 15.6 Å². The number of nitrogens with zero attached hydrogens (tertiary/aromatic N) is 1. The van der Waals surface area contributed by atoms with Crippen LogP contribution in [-0.4, -0.2) is 30.7 Å². The topological polar surface area (TPSA) is 89.0 Å².